The second kappa shape index (κ2) is 14.8. The first kappa shape index (κ1) is 29.6. The van der Waals surface area contributed by atoms with Gasteiger partial charge in [-0.2, -0.15) is 0 Å². The lowest BCUT2D eigenvalue weighted by atomic mass is 10.1. The van der Waals surface area contributed by atoms with Crippen LogP contribution in [0.3, 0.4) is 0 Å². The Morgan fingerprint density at radius 1 is 0.921 bits per heavy atom. The molecule has 3 rings (SSSR count). The normalized spacial score (nSPS) is 12.3. The third-order valence-electron chi connectivity index (χ3n) is 7.23. The number of hydrogen-bond acceptors (Lipinski definition) is 4. The number of carbonyl (C=O) groups excluding carboxylic acids is 1. The molecule has 0 radical (unpaired) electrons. The lowest BCUT2D eigenvalue weighted by molar-refractivity contribution is -0.134. The molecule has 1 unspecified atom stereocenters. The number of rotatable bonds is 15. The third kappa shape index (κ3) is 7.76. The van der Waals surface area contributed by atoms with Crippen molar-refractivity contribution in [2.24, 2.45) is 0 Å². The molecule has 0 aliphatic rings. The summed E-state index contributed by atoms with van der Waals surface area (Å²) >= 11 is 0. The highest BCUT2D eigenvalue weighted by molar-refractivity contribution is 5.79. The lowest BCUT2D eigenvalue weighted by Crippen LogP contribution is -2.41. The summed E-state index contributed by atoms with van der Waals surface area (Å²) in [5.74, 6) is 0.777. The number of carbonyl (C=O) groups is 1. The molecule has 1 aromatic heterocycles. The molecule has 6 nitrogen and oxygen atoms in total. The number of amides is 1. The number of nitrogens with zero attached hydrogens (tertiary/aromatic N) is 4. The number of unbranched alkanes of at least 4 members (excludes halogenated alkanes) is 6. The van der Waals surface area contributed by atoms with Crippen LogP contribution in [0.5, 0.6) is 0 Å². The molecule has 6 heteroatoms. The molecule has 2 aromatic carbocycles. The second-order valence-corrected chi connectivity index (χ2v) is 10.7. The van der Waals surface area contributed by atoms with Crippen molar-refractivity contribution in [3.8, 4) is 5.69 Å². The number of benzene rings is 2. The lowest BCUT2D eigenvalue weighted by Gasteiger charge is -2.33. The van der Waals surface area contributed by atoms with E-state index in [9.17, 15) is 9.59 Å². The fraction of sp³-hybridized carbons (Fsp3) is 0.531. The molecule has 0 saturated carbocycles. The monoisotopic (exact) mass is 518 g/mol. The van der Waals surface area contributed by atoms with Crippen molar-refractivity contribution in [2.75, 3.05) is 27.2 Å². The first-order valence-corrected chi connectivity index (χ1v) is 14.4. The van der Waals surface area contributed by atoms with Crippen molar-refractivity contribution in [3.05, 3.63) is 70.3 Å². The molecule has 0 aliphatic heterocycles. The van der Waals surface area contributed by atoms with Crippen molar-refractivity contribution in [1.82, 2.24) is 19.4 Å². The van der Waals surface area contributed by atoms with Crippen LogP contribution in [0.4, 0.5) is 0 Å². The Labute approximate surface area is 228 Å². The van der Waals surface area contributed by atoms with E-state index in [0.717, 1.165) is 30.6 Å². The maximum absolute atomic E-state index is 13.9. The molecule has 0 bridgehead atoms. The van der Waals surface area contributed by atoms with Crippen molar-refractivity contribution in [3.63, 3.8) is 0 Å². The van der Waals surface area contributed by atoms with E-state index in [1.165, 1.54) is 32.1 Å². The molecular formula is C32H46N4O2. The first-order valence-electron chi connectivity index (χ1n) is 14.4. The van der Waals surface area contributed by atoms with Gasteiger partial charge < -0.3 is 9.80 Å². The van der Waals surface area contributed by atoms with Crippen molar-refractivity contribution < 1.29 is 4.79 Å². The summed E-state index contributed by atoms with van der Waals surface area (Å²) in [5, 5.41) is 0.585. The van der Waals surface area contributed by atoms with Crippen molar-refractivity contribution >= 4 is 16.8 Å². The van der Waals surface area contributed by atoms with Crippen LogP contribution >= 0.6 is 0 Å². The molecule has 206 valence electrons. The minimum atomic E-state index is -0.301. The standard InChI is InChI=1S/C32H46N4O2/c1-6-8-9-10-11-12-13-21-30(37)35(23-22-34(4)5)29(7-2)31-33-28-20-15-14-19-27(28)32(38)36(31)26-18-16-17-25(3)24-26/h14-20,24,29H,6-13,21-23H2,1-5H3. The quantitative estimate of drug-likeness (QED) is 0.211. The summed E-state index contributed by atoms with van der Waals surface area (Å²) in [6.07, 6.45) is 9.42. The van der Waals surface area contributed by atoms with Crippen LogP contribution in [0.1, 0.15) is 89.1 Å². The zero-order chi connectivity index (χ0) is 27.5. The van der Waals surface area contributed by atoms with E-state index in [1.54, 1.807) is 4.57 Å². The van der Waals surface area contributed by atoms with Gasteiger partial charge in [-0.25, -0.2) is 4.98 Å². The van der Waals surface area contributed by atoms with Gasteiger partial charge in [0.15, 0.2) is 0 Å². The van der Waals surface area contributed by atoms with Gasteiger partial charge in [0.1, 0.15) is 5.82 Å². The van der Waals surface area contributed by atoms with Crippen LogP contribution in [0.25, 0.3) is 16.6 Å². The zero-order valence-electron chi connectivity index (χ0n) is 24.1. The Balaban J connectivity index is 1.99. The van der Waals surface area contributed by atoms with Gasteiger partial charge in [0.25, 0.3) is 5.56 Å². The number of para-hydroxylation sites is 1. The van der Waals surface area contributed by atoms with E-state index in [-0.39, 0.29) is 17.5 Å². The largest absolute Gasteiger partial charge is 0.331 e. The van der Waals surface area contributed by atoms with Crippen LogP contribution in [0, 0.1) is 6.92 Å². The minimum absolute atomic E-state index is 0.0956. The van der Waals surface area contributed by atoms with Gasteiger partial charge in [0.2, 0.25) is 5.91 Å². The Kier molecular flexibility index (Phi) is 11.5. The van der Waals surface area contributed by atoms with E-state index >= 15 is 0 Å². The molecule has 0 fully saturated rings. The second-order valence-electron chi connectivity index (χ2n) is 10.7. The van der Waals surface area contributed by atoms with Crippen LogP contribution in [0.15, 0.2) is 53.3 Å². The van der Waals surface area contributed by atoms with Crippen LogP contribution in [-0.4, -0.2) is 52.4 Å². The average molecular weight is 519 g/mol. The zero-order valence-corrected chi connectivity index (χ0v) is 24.1. The Hall–Kier alpha value is -2.99. The fourth-order valence-corrected chi connectivity index (χ4v) is 5.07. The molecule has 0 aliphatic carbocycles. The third-order valence-corrected chi connectivity index (χ3v) is 7.23. The summed E-state index contributed by atoms with van der Waals surface area (Å²) in [5.41, 5.74) is 2.43. The fourth-order valence-electron chi connectivity index (χ4n) is 5.07. The van der Waals surface area contributed by atoms with Gasteiger partial charge in [-0.3, -0.25) is 14.2 Å². The summed E-state index contributed by atoms with van der Waals surface area (Å²) in [6, 6.07) is 15.1. The summed E-state index contributed by atoms with van der Waals surface area (Å²) < 4.78 is 1.73. The summed E-state index contributed by atoms with van der Waals surface area (Å²) in [7, 11) is 4.05. The molecule has 0 spiro atoms. The molecular weight excluding hydrogens is 472 g/mol. The highest BCUT2D eigenvalue weighted by Crippen LogP contribution is 2.27. The van der Waals surface area contributed by atoms with Crippen LogP contribution in [-0.2, 0) is 4.79 Å². The van der Waals surface area contributed by atoms with Gasteiger partial charge in [0.05, 0.1) is 22.6 Å². The van der Waals surface area contributed by atoms with E-state index in [4.69, 9.17) is 4.98 Å². The van der Waals surface area contributed by atoms with Crippen LogP contribution in [0.2, 0.25) is 0 Å². The van der Waals surface area contributed by atoms with Crippen molar-refractivity contribution in [1.29, 1.82) is 0 Å². The highest BCUT2D eigenvalue weighted by atomic mass is 16.2. The van der Waals surface area contributed by atoms with Crippen molar-refractivity contribution in [2.45, 2.75) is 84.6 Å². The number of hydrogen-bond donors (Lipinski definition) is 0. The predicted octanol–water partition coefficient (Wildman–Crippen LogP) is 6.68. The molecule has 38 heavy (non-hydrogen) atoms. The van der Waals surface area contributed by atoms with Crippen LogP contribution < -0.4 is 5.56 Å². The Bertz CT molecular complexity index is 1230. The summed E-state index contributed by atoms with van der Waals surface area (Å²) in [6.45, 7) is 7.68. The topological polar surface area (TPSA) is 58.4 Å². The molecule has 3 aromatic rings. The number of likely N-dealkylation sites (N-methyl/N-ethyl adjacent to an activating group) is 1. The maximum Gasteiger partial charge on any atom is 0.266 e. The van der Waals surface area contributed by atoms with Gasteiger partial charge in [-0.1, -0.05) is 76.6 Å². The SMILES string of the molecule is CCCCCCCCCC(=O)N(CCN(C)C)C(CC)c1nc2ccccc2c(=O)n1-c1cccc(C)c1. The summed E-state index contributed by atoms with van der Waals surface area (Å²) in [4.78, 5) is 36.7. The predicted molar refractivity (Wildman–Crippen MR) is 158 cm³/mol. The minimum Gasteiger partial charge on any atom is -0.331 e. The smallest absolute Gasteiger partial charge is 0.266 e. The molecule has 1 heterocycles. The number of fused-ring (bicyclic) bond motifs is 1. The van der Waals surface area contributed by atoms with Gasteiger partial charge in [-0.05, 0) is 63.7 Å². The van der Waals surface area contributed by atoms with E-state index in [1.807, 2.05) is 74.4 Å². The van der Waals surface area contributed by atoms with Gasteiger partial charge in [0, 0.05) is 19.5 Å². The van der Waals surface area contributed by atoms with E-state index in [0.29, 0.717) is 36.1 Å². The van der Waals surface area contributed by atoms with Gasteiger partial charge in [-0.15, -0.1) is 0 Å². The average Bonchev–Trinajstić information content (AvgIpc) is 2.90. The van der Waals surface area contributed by atoms with Gasteiger partial charge >= 0.3 is 0 Å². The maximum atomic E-state index is 13.9. The first-order chi connectivity index (χ1) is 18.4. The van der Waals surface area contributed by atoms with E-state index < -0.39 is 0 Å². The number of aromatic nitrogens is 2. The Morgan fingerprint density at radius 2 is 1.63 bits per heavy atom. The highest BCUT2D eigenvalue weighted by Gasteiger charge is 2.28. The molecule has 1 atom stereocenters. The molecule has 0 saturated heterocycles. The molecule has 1 amide bonds. The Morgan fingerprint density at radius 3 is 2.32 bits per heavy atom. The molecule has 0 N–H and O–H groups in total. The van der Waals surface area contributed by atoms with E-state index in [2.05, 4.69) is 18.7 Å². The number of aryl methyl sites for hydroxylation is 1.